The van der Waals surface area contributed by atoms with Gasteiger partial charge in [-0.3, -0.25) is 28.8 Å². The summed E-state index contributed by atoms with van der Waals surface area (Å²) >= 11 is 0. The number of allylic oxidation sites excluding steroid dienone is 3. The molecule has 16 heteroatoms. The van der Waals surface area contributed by atoms with Crippen LogP contribution in [0.15, 0.2) is 36.5 Å². The molecular weight excluding hydrogens is 1130 g/mol. The van der Waals surface area contributed by atoms with Crippen LogP contribution in [0.5, 0.6) is 0 Å². The maximum Gasteiger partial charge on any atom is 0.306 e. The van der Waals surface area contributed by atoms with Crippen molar-refractivity contribution in [2.24, 2.45) is 0 Å². The van der Waals surface area contributed by atoms with Crippen molar-refractivity contribution in [2.75, 3.05) is 65.7 Å². The largest absolute Gasteiger partial charge is 0.461 e. The van der Waals surface area contributed by atoms with Crippen molar-refractivity contribution in [1.29, 1.82) is 0 Å². The number of carbonyl (C=O) groups is 6. The van der Waals surface area contributed by atoms with Crippen LogP contribution in [0.4, 0.5) is 0 Å². The zero-order valence-corrected chi connectivity index (χ0v) is 57.6. The Bertz CT molecular complexity index is 1790. The van der Waals surface area contributed by atoms with E-state index in [1.165, 1.54) is 97.8 Å². The van der Waals surface area contributed by atoms with E-state index in [9.17, 15) is 28.8 Å². The highest BCUT2D eigenvalue weighted by molar-refractivity contribution is 5.70. The van der Waals surface area contributed by atoms with Crippen LogP contribution in [0.3, 0.4) is 0 Å². The molecule has 1 saturated heterocycles. The summed E-state index contributed by atoms with van der Waals surface area (Å²) in [4.78, 5) is 79.1. The average Bonchev–Trinajstić information content (AvgIpc) is 3.70. The van der Waals surface area contributed by atoms with E-state index >= 15 is 0 Å². The van der Waals surface area contributed by atoms with E-state index in [0.29, 0.717) is 58.5 Å². The molecule has 0 N–H and O–H groups in total. The third-order valence-electron chi connectivity index (χ3n) is 16.3. The number of hydrogen-bond acceptors (Lipinski definition) is 16. The molecule has 89 heavy (non-hydrogen) atoms. The molecule has 0 aromatic rings. The van der Waals surface area contributed by atoms with Crippen molar-refractivity contribution < 1.29 is 66.7 Å². The molecule has 1 fully saturated rings. The summed E-state index contributed by atoms with van der Waals surface area (Å²) in [5.41, 5.74) is 0. The Balaban J connectivity index is 2.93. The van der Waals surface area contributed by atoms with Crippen LogP contribution >= 0.6 is 0 Å². The lowest BCUT2D eigenvalue weighted by atomic mass is 9.96. The van der Waals surface area contributed by atoms with Gasteiger partial charge < -0.3 is 47.7 Å². The van der Waals surface area contributed by atoms with Gasteiger partial charge in [0, 0.05) is 46.6 Å². The normalized spacial score (nSPS) is 16.9. The first kappa shape index (κ1) is 82.9. The van der Waals surface area contributed by atoms with E-state index in [-0.39, 0.29) is 17.9 Å². The molecule has 0 spiro atoms. The van der Waals surface area contributed by atoms with Crippen LogP contribution < -0.4 is 0 Å². The SMILES string of the molecule is CCCCCC/C=C\COC(=O)CCCCCCCCN(CCCCCCCCC(=O)OC/C=C\CCCCCC)CCCN(CCCCCCCCC(=O)OC/C=C\CCCCCC)CCCOC1OC(CC)C(OC(C)=O)C(OC(C)=O)C1OC(C)=O. The van der Waals surface area contributed by atoms with Crippen LogP contribution in [0.2, 0.25) is 0 Å². The van der Waals surface area contributed by atoms with Gasteiger partial charge in [-0.1, -0.05) is 199 Å². The fourth-order valence-electron chi connectivity index (χ4n) is 11.2. The van der Waals surface area contributed by atoms with Gasteiger partial charge in [-0.15, -0.1) is 0 Å². The van der Waals surface area contributed by atoms with Gasteiger partial charge in [-0.05, 0) is 129 Å². The Morgan fingerprint density at radius 3 is 1.02 bits per heavy atom. The summed E-state index contributed by atoms with van der Waals surface area (Å²) in [7, 11) is 0. The monoisotopic (exact) mass is 1260 g/mol. The molecule has 0 bridgehead atoms. The molecule has 1 heterocycles. The molecule has 1 rings (SSSR count). The second-order valence-electron chi connectivity index (χ2n) is 24.6. The van der Waals surface area contributed by atoms with Crippen molar-refractivity contribution in [3.8, 4) is 0 Å². The standard InChI is InChI=1S/C73H130N2O14/c1-8-12-15-18-27-36-45-59-82-67(79)50-39-30-21-24-33-42-53-74(54-43-34-25-22-31-40-51-68(80)83-60-46-37-28-19-16-13-9-2)56-48-57-75(55-44-35-26-23-32-41-52-69(81)84-61-47-38-29-20-17-14-10-3)58-49-62-85-73-72(88-65(7)78)71(87-64(6)77)70(86-63(5)76)66(11-4)89-73/h36-38,45-47,66,70-73H,8-35,39-44,48-62H2,1-7H3/b45-36-,46-37-,47-38-. The van der Waals surface area contributed by atoms with E-state index in [4.69, 9.17) is 37.9 Å². The zero-order chi connectivity index (χ0) is 65.1. The minimum Gasteiger partial charge on any atom is -0.461 e. The van der Waals surface area contributed by atoms with Gasteiger partial charge >= 0.3 is 35.8 Å². The molecule has 1 aliphatic rings. The Hall–Kier alpha value is -4.12. The Morgan fingerprint density at radius 1 is 0.348 bits per heavy atom. The van der Waals surface area contributed by atoms with Crippen molar-refractivity contribution >= 4 is 35.8 Å². The molecule has 0 aromatic heterocycles. The maximum absolute atomic E-state index is 12.4. The summed E-state index contributed by atoms with van der Waals surface area (Å²) in [5, 5.41) is 0. The molecular formula is C73H130N2O14. The lowest BCUT2D eigenvalue weighted by Gasteiger charge is -2.44. The van der Waals surface area contributed by atoms with Crippen LogP contribution in [0.25, 0.3) is 0 Å². The van der Waals surface area contributed by atoms with E-state index in [1.54, 1.807) is 0 Å². The minimum atomic E-state index is -1.14. The van der Waals surface area contributed by atoms with Crippen molar-refractivity contribution in [1.82, 2.24) is 9.80 Å². The van der Waals surface area contributed by atoms with Crippen molar-refractivity contribution in [2.45, 2.75) is 330 Å². The molecule has 0 saturated carbocycles. The van der Waals surface area contributed by atoms with E-state index in [2.05, 4.69) is 48.8 Å². The summed E-state index contributed by atoms with van der Waals surface area (Å²) < 4.78 is 45.9. The molecule has 0 amide bonds. The molecule has 5 atom stereocenters. The van der Waals surface area contributed by atoms with Crippen LogP contribution in [-0.2, 0) is 66.7 Å². The van der Waals surface area contributed by atoms with E-state index in [0.717, 1.165) is 181 Å². The summed E-state index contributed by atoms with van der Waals surface area (Å²) in [6.07, 6.45) is 47.9. The predicted octanol–water partition coefficient (Wildman–Crippen LogP) is 16.7. The number of rotatable bonds is 61. The molecule has 0 aromatic carbocycles. The van der Waals surface area contributed by atoms with Crippen LogP contribution in [-0.4, -0.2) is 142 Å². The number of esters is 6. The lowest BCUT2D eigenvalue weighted by Crippen LogP contribution is -2.61. The summed E-state index contributed by atoms with van der Waals surface area (Å²) in [5.74, 6) is -2.12. The highest BCUT2D eigenvalue weighted by atomic mass is 16.7. The topological polar surface area (TPSA) is 183 Å². The molecule has 0 radical (unpaired) electrons. The molecule has 16 nitrogen and oxygen atoms in total. The Morgan fingerprint density at radius 2 is 0.663 bits per heavy atom. The fourth-order valence-corrected chi connectivity index (χ4v) is 11.2. The lowest BCUT2D eigenvalue weighted by molar-refractivity contribution is -0.304. The number of unbranched alkanes of at least 4 members (excludes halogenated alkanes) is 27. The van der Waals surface area contributed by atoms with Crippen LogP contribution in [0.1, 0.15) is 299 Å². The molecule has 0 aliphatic carbocycles. The van der Waals surface area contributed by atoms with E-state index in [1.807, 2.05) is 25.2 Å². The highest BCUT2D eigenvalue weighted by Gasteiger charge is 2.51. The van der Waals surface area contributed by atoms with Gasteiger partial charge in [0.15, 0.2) is 24.6 Å². The Labute approximate surface area is 541 Å². The number of hydrogen-bond donors (Lipinski definition) is 0. The third-order valence-corrected chi connectivity index (χ3v) is 16.3. The van der Waals surface area contributed by atoms with Gasteiger partial charge in [-0.25, -0.2) is 0 Å². The number of ether oxygens (including phenoxy) is 8. The average molecular weight is 1260 g/mol. The van der Waals surface area contributed by atoms with Gasteiger partial charge in [0.05, 0.1) is 6.61 Å². The molecule has 5 unspecified atom stereocenters. The predicted molar refractivity (Wildman–Crippen MR) is 357 cm³/mol. The van der Waals surface area contributed by atoms with E-state index < -0.39 is 48.6 Å². The number of carbonyl (C=O) groups excluding carboxylic acids is 6. The van der Waals surface area contributed by atoms with Gasteiger partial charge in [0.1, 0.15) is 25.9 Å². The molecule has 1 aliphatic heterocycles. The van der Waals surface area contributed by atoms with Gasteiger partial charge in [0.25, 0.3) is 0 Å². The second kappa shape index (κ2) is 60.1. The fraction of sp³-hybridized carbons (Fsp3) is 0.836. The first-order valence-electron chi connectivity index (χ1n) is 36.0. The third kappa shape index (κ3) is 50.2. The minimum absolute atomic E-state index is 0.106. The van der Waals surface area contributed by atoms with Crippen molar-refractivity contribution in [3.63, 3.8) is 0 Å². The molecule has 516 valence electrons. The maximum atomic E-state index is 12.4. The first-order chi connectivity index (χ1) is 43.3. The zero-order valence-electron chi connectivity index (χ0n) is 57.6. The van der Waals surface area contributed by atoms with Crippen LogP contribution in [0, 0.1) is 0 Å². The van der Waals surface area contributed by atoms with Gasteiger partial charge in [0.2, 0.25) is 0 Å². The number of nitrogens with zero attached hydrogens (tertiary/aromatic N) is 2. The first-order valence-corrected chi connectivity index (χ1v) is 36.0. The van der Waals surface area contributed by atoms with Crippen molar-refractivity contribution in [3.05, 3.63) is 36.5 Å². The highest BCUT2D eigenvalue weighted by Crippen LogP contribution is 2.31. The van der Waals surface area contributed by atoms with Gasteiger partial charge in [-0.2, -0.15) is 0 Å². The summed E-state index contributed by atoms with van der Waals surface area (Å²) in [6, 6.07) is 0. The second-order valence-corrected chi connectivity index (χ2v) is 24.6. The quantitative estimate of drug-likeness (QED) is 0.0242. The Kier molecular flexibility index (Phi) is 56.0. The smallest absolute Gasteiger partial charge is 0.306 e. The summed E-state index contributed by atoms with van der Waals surface area (Å²) in [6.45, 7) is 19.5.